The number of hydrogen-bond donors (Lipinski definition) is 0. The van der Waals surface area contributed by atoms with Crippen LogP contribution in [0.25, 0.3) is 0 Å². The minimum absolute atomic E-state index is 0.269. The first kappa shape index (κ1) is 13.2. The fourth-order valence-electron chi connectivity index (χ4n) is 1.40. The summed E-state index contributed by atoms with van der Waals surface area (Å²) in [7, 11) is 0. The molecule has 2 heteroatoms. The highest BCUT2D eigenvalue weighted by Gasteiger charge is 2.21. The van der Waals surface area contributed by atoms with Gasteiger partial charge in [0.05, 0.1) is 6.10 Å². The molecule has 13 heavy (non-hydrogen) atoms. The fraction of sp³-hybridized carbons (Fsp3) is 1.00. The Morgan fingerprint density at radius 2 is 1.92 bits per heavy atom. The third-order valence-corrected chi connectivity index (χ3v) is 2.98. The first-order chi connectivity index (χ1) is 6.04. The zero-order valence-corrected chi connectivity index (χ0v) is 10.2. The number of alkyl halides is 1. The zero-order chi connectivity index (χ0) is 10.3. The summed E-state index contributed by atoms with van der Waals surface area (Å²) in [5.74, 6) is 0.738. The van der Waals surface area contributed by atoms with Crippen molar-refractivity contribution in [2.24, 2.45) is 5.41 Å². The molecule has 0 aliphatic rings. The predicted molar refractivity (Wildman–Crippen MR) is 59.4 cm³/mol. The van der Waals surface area contributed by atoms with E-state index in [1.54, 1.807) is 0 Å². The van der Waals surface area contributed by atoms with Gasteiger partial charge in [0.2, 0.25) is 0 Å². The zero-order valence-electron chi connectivity index (χ0n) is 9.40. The lowest BCUT2D eigenvalue weighted by atomic mass is 9.85. The van der Waals surface area contributed by atoms with Crippen LogP contribution in [-0.2, 0) is 4.74 Å². The molecule has 0 bridgehead atoms. The van der Waals surface area contributed by atoms with Crippen LogP contribution >= 0.6 is 11.6 Å². The van der Waals surface area contributed by atoms with Crippen molar-refractivity contribution in [3.8, 4) is 0 Å². The SMILES string of the molecule is CCCC(C)(CCl)CCOC(C)C. The monoisotopic (exact) mass is 206 g/mol. The van der Waals surface area contributed by atoms with Gasteiger partial charge >= 0.3 is 0 Å². The summed E-state index contributed by atoms with van der Waals surface area (Å²) >= 11 is 5.95. The van der Waals surface area contributed by atoms with Crippen molar-refractivity contribution < 1.29 is 4.74 Å². The molecular formula is C11H23ClO. The van der Waals surface area contributed by atoms with Crippen molar-refractivity contribution in [1.82, 2.24) is 0 Å². The van der Waals surface area contributed by atoms with Gasteiger partial charge in [0, 0.05) is 12.5 Å². The molecule has 0 rings (SSSR count). The fourth-order valence-corrected chi connectivity index (χ4v) is 1.67. The van der Waals surface area contributed by atoms with E-state index in [9.17, 15) is 0 Å². The van der Waals surface area contributed by atoms with Crippen LogP contribution < -0.4 is 0 Å². The Labute approximate surface area is 87.8 Å². The van der Waals surface area contributed by atoms with Gasteiger partial charge in [-0.05, 0) is 32.1 Å². The van der Waals surface area contributed by atoms with Crippen LogP contribution in [0.4, 0.5) is 0 Å². The van der Waals surface area contributed by atoms with Gasteiger partial charge in [0.1, 0.15) is 0 Å². The van der Waals surface area contributed by atoms with Gasteiger partial charge in [-0.15, -0.1) is 11.6 Å². The lowest BCUT2D eigenvalue weighted by Gasteiger charge is -2.26. The maximum absolute atomic E-state index is 5.95. The molecule has 0 aromatic carbocycles. The van der Waals surface area contributed by atoms with Crippen molar-refractivity contribution >= 4 is 11.6 Å². The van der Waals surface area contributed by atoms with E-state index in [1.807, 2.05) is 0 Å². The Balaban J connectivity index is 3.69. The van der Waals surface area contributed by atoms with Crippen molar-refractivity contribution in [3.05, 3.63) is 0 Å². The molecule has 0 saturated heterocycles. The van der Waals surface area contributed by atoms with Crippen LogP contribution in [0, 0.1) is 5.41 Å². The lowest BCUT2D eigenvalue weighted by Crippen LogP contribution is -2.21. The Bertz CT molecular complexity index is 125. The molecule has 0 aliphatic carbocycles. The Morgan fingerprint density at radius 3 is 2.31 bits per heavy atom. The molecule has 1 nitrogen and oxygen atoms in total. The van der Waals surface area contributed by atoms with Crippen molar-refractivity contribution in [2.75, 3.05) is 12.5 Å². The van der Waals surface area contributed by atoms with Gasteiger partial charge in [-0.25, -0.2) is 0 Å². The summed E-state index contributed by atoms with van der Waals surface area (Å²) in [6.07, 6.45) is 3.80. The second kappa shape index (κ2) is 6.67. The molecule has 0 aliphatic heterocycles. The highest BCUT2D eigenvalue weighted by Crippen LogP contribution is 2.29. The molecule has 0 spiro atoms. The first-order valence-electron chi connectivity index (χ1n) is 5.21. The Hall–Kier alpha value is 0.250. The quantitative estimate of drug-likeness (QED) is 0.575. The maximum atomic E-state index is 5.95. The van der Waals surface area contributed by atoms with E-state index in [0.29, 0.717) is 6.10 Å². The molecule has 0 fully saturated rings. The van der Waals surface area contributed by atoms with Crippen molar-refractivity contribution in [2.45, 2.75) is 53.1 Å². The summed E-state index contributed by atoms with van der Waals surface area (Å²) in [6, 6.07) is 0. The summed E-state index contributed by atoms with van der Waals surface area (Å²) in [4.78, 5) is 0. The normalized spacial score (nSPS) is 16.2. The number of rotatable bonds is 7. The molecule has 0 amide bonds. The third kappa shape index (κ3) is 6.34. The maximum Gasteiger partial charge on any atom is 0.0518 e. The van der Waals surface area contributed by atoms with Crippen LogP contribution in [0.3, 0.4) is 0 Å². The number of hydrogen-bond acceptors (Lipinski definition) is 1. The van der Waals surface area contributed by atoms with Crippen LogP contribution in [0.1, 0.15) is 47.0 Å². The van der Waals surface area contributed by atoms with Crippen molar-refractivity contribution in [1.29, 1.82) is 0 Å². The van der Waals surface area contributed by atoms with Gasteiger partial charge < -0.3 is 4.74 Å². The summed E-state index contributed by atoms with van der Waals surface area (Å²) in [5, 5.41) is 0. The standard InChI is InChI=1S/C11H23ClO/c1-5-6-11(4,9-12)7-8-13-10(2)3/h10H,5-9H2,1-4H3. The average molecular weight is 207 g/mol. The van der Waals surface area contributed by atoms with Crippen LogP contribution in [0.15, 0.2) is 0 Å². The lowest BCUT2D eigenvalue weighted by molar-refractivity contribution is 0.0564. The van der Waals surface area contributed by atoms with E-state index in [-0.39, 0.29) is 5.41 Å². The van der Waals surface area contributed by atoms with E-state index in [0.717, 1.165) is 18.9 Å². The van der Waals surface area contributed by atoms with E-state index in [4.69, 9.17) is 16.3 Å². The highest BCUT2D eigenvalue weighted by molar-refractivity contribution is 6.18. The minimum atomic E-state index is 0.269. The second-order valence-electron chi connectivity index (χ2n) is 4.36. The molecule has 1 atom stereocenters. The molecule has 0 saturated carbocycles. The topological polar surface area (TPSA) is 9.23 Å². The van der Waals surface area contributed by atoms with E-state index in [2.05, 4.69) is 27.7 Å². The smallest absolute Gasteiger partial charge is 0.0518 e. The molecule has 0 heterocycles. The predicted octanol–water partition coefficient (Wildman–Crippen LogP) is 3.85. The van der Waals surface area contributed by atoms with Gasteiger partial charge in [-0.3, -0.25) is 0 Å². The average Bonchev–Trinajstić information content (AvgIpc) is 2.04. The summed E-state index contributed by atoms with van der Waals surface area (Å²) in [5.41, 5.74) is 0.269. The summed E-state index contributed by atoms with van der Waals surface area (Å²) < 4.78 is 5.53. The van der Waals surface area contributed by atoms with Gasteiger partial charge in [-0.1, -0.05) is 20.3 Å². The van der Waals surface area contributed by atoms with E-state index in [1.165, 1.54) is 12.8 Å². The molecule has 80 valence electrons. The van der Waals surface area contributed by atoms with Crippen LogP contribution in [0.5, 0.6) is 0 Å². The van der Waals surface area contributed by atoms with Crippen LogP contribution in [-0.4, -0.2) is 18.6 Å². The molecule has 0 radical (unpaired) electrons. The van der Waals surface area contributed by atoms with Crippen molar-refractivity contribution in [3.63, 3.8) is 0 Å². The van der Waals surface area contributed by atoms with Gasteiger partial charge in [0.25, 0.3) is 0 Å². The number of halogens is 1. The van der Waals surface area contributed by atoms with Gasteiger partial charge in [0.15, 0.2) is 0 Å². The highest BCUT2D eigenvalue weighted by atomic mass is 35.5. The van der Waals surface area contributed by atoms with Crippen LogP contribution in [0.2, 0.25) is 0 Å². The van der Waals surface area contributed by atoms with E-state index >= 15 is 0 Å². The third-order valence-electron chi connectivity index (χ3n) is 2.33. The minimum Gasteiger partial charge on any atom is -0.379 e. The summed E-state index contributed by atoms with van der Waals surface area (Å²) in [6.45, 7) is 9.41. The first-order valence-corrected chi connectivity index (χ1v) is 5.75. The molecule has 0 aromatic rings. The Kier molecular flexibility index (Phi) is 6.79. The molecule has 0 aromatic heterocycles. The molecule has 1 unspecified atom stereocenters. The largest absolute Gasteiger partial charge is 0.379 e. The van der Waals surface area contributed by atoms with E-state index < -0.39 is 0 Å². The molecular weight excluding hydrogens is 184 g/mol. The van der Waals surface area contributed by atoms with Gasteiger partial charge in [-0.2, -0.15) is 0 Å². The Morgan fingerprint density at radius 1 is 1.31 bits per heavy atom. The second-order valence-corrected chi connectivity index (χ2v) is 4.63. The molecule has 0 N–H and O–H groups in total. The number of ether oxygens (including phenoxy) is 1.